The third-order valence-electron chi connectivity index (χ3n) is 6.99. The lowest BCUT2D eigenvalue weighted by atomic mass is 9.83. The van der Waals surface area contributed by atoms with Crippen molar-refractivity contribution in [2.75, 3.05) is 13.2 Å². The molecule has 0 aromatic heterocycles. The van der Waals surface area contributed by atoms with Crippen LogP contribution in [0.1, 0.15) is 47.6 Å². The van der Waals surface area contributed by atoms with Crippen LogP contribution in [0.15, 0.2) is 84.9 Å². The second-order valence-corrected chi connectivity index (χ2v) is 9.47. The molecule has 5 nitrogen and oxygen atoms in total. The summed E-state index contributed by atoms with van der Waals surface area (Å²) in [7, 11) is 0. The number of hydrogen-bond donors (Lipinski definition) is 2. The molecule has 5 heteroatoms. The van der Waals surface area contributed by atoms with E-state index in [1.807, 2.05) is 37.3 Å². The molecule has 0 saturated heterocycles. The van der Waals surface area contributed by atoms with Gasteiger partial charge in [0.25, 0.3) is 0 Å². The normalized spacial score (nSPS) is 17.7. The molecule has 1 aliphatic rings. The van der Waals surface area contributed by atoms with Crippen LogP contribution in [0.4, 0.5) is 0 Å². The van der Waals surface area contributed by atoms with Crippen molar-refractivity contribution in [1.29, 1.82) is 0 Å². The maximum atomic E-state index is 11.0. The Morgan fingerprint density at radius 2 is 1.83 bits per heavy atom. The number of aryl methyl sites for hydroxylation is 1. The molecule has 0 aliphatic carbocycles. The van der Waals surface area contributed by atoms with Gasteiger partial charge in [0.1, 0.15) is 17.6 Å². The van der Waals surface area contributed by atoms with E-state index < -0.39 is 5.97 Å². The van der Waals surface area contributed by atoms with E-state index in [1.54, 1.807) is 0 Å². The fraction of sp³-hybridized carbons (Fsp3) is 0.258. The molecule has 0 amide bonds. The van der Waals surface area contributed by atoms with E-state index >= 15 is 0 Å². The number of aliphatic carboxylic acids is 1. The molecule has 2 N–H and O–H groups in total. The number of fused-ring (bicyclic) bond motifs is 2. The van der Waals surface area contributed by atoms with Crippen LogP contribution in [0, 0.1) is 6.92 Å². The lowest BCUT2D eigenvalue weighted by molar-refractivity contribution is -0.139. The molecule has 0 spiro atoms. The van der Waals surface area contributed by atoms with Crippen molar-refractivity contribution in [3.05, 3.63) is 107 Å². The first-order chi connectivity index (χ1) is 17.5. The minimum Gasteiger partial charge on any atom is -0.489 e. The van der Waals surface area contributed by atoms with Gasteiger partial charge in [-0.05, 0) is 59.9 Å². The summed E-state index contributed by atoms with van der Waals surface area (Å²) in [4.78, 5) is 11.0. The average molecular weight is 482 g/mol. The van der Waals surface area contributed by atoms with E-state index in [-0.39, 0.29) is 24.7 Å². The predicted molar refractivity (Wildman–Crippen MR) is 142 cm³/mol. The first-order valence-electron chi connectivity index (χ1n) is 12.4. The Hall–Kier alpha value is -3.83. The monoisotopic (exact) mass is 481 g/mol. The Kier molecular flexibility index (Phi) is 6.92. The van der Waals surface area contributed by atoms with E-state index in [9.17, 15) is 4.79 Å². The molecule has 1 aliphatic heterocycles. The number of carbonyl (C=O) groups is 1. The number of ether oxygens (including phenoxy) is 2. The van der Waals surface area contributed by atoms with Crippen LogP contribution in [-0.4, -0.2) is 30.3 Å². The number of carboxylic acids is 1. The van der Waals surface area contributed by atoms with Crippen LogP contribution in [0.2, 0.25) is 0 Å². The molecule has 36 heavy (non-hydrogen) atoms. The molecule has 0 bridgehead atoms. The van der Waals surface area contributed by atoms with Crippen molar-refractivity contribution in [2.45, 2.75) is 38.3 Å². The summed E-state index contributed by atoms with van der Waals surface area (Å²) < 4.78 is 12.0. The third-order valence-corrected chi connectivity index (χ3v) is 6.99. The molecular weight excluding hydrogens is 450 g/mol. The maximum absolute atomic E-state index is 11.0. The van der Waals surface area contributed by atoms with Crippen LogP contribution >= 0.6 is 0 Å². The van der Waals surface area contributed by atoms with Crippen molar-refractivity contribution < 1.29 is 19.4 Å². The zero-order valence-electron chi connectivity index (χ0n) is 20.6. The fourth-order valence-corrected chi connectivity index (χ4v) is 5.11. The zero-order valence-corrected chi connectivity index (χ0v) is 20.6. The van der Waals surface area contributed by atoms with Crippen LogP contribution in [0.5, 0.6) is 11.5 Å². The molecule has 4 aromatic carbocycles. The van der Waals surface area contributed by atoms with E-state index in [2.05, 4.69) is 66.8 Å². The highest BCUT2D eigenvalue weighted by Crippen LogP contribution is 2.41. The molecular formula is C31H31NO4. The summed E-state index contributed by atoms with van der Waals surface area (Å²) >= 11 is 0. The van der Waals surface area contributed by atoms with Gasteiger partial charge < -0.3 is 19.9 Å². The van der Waals surface area contributed by atoms with E-state index in [1.165, 1.54) is 16.3 Å². The highest BCUT2D eigenvalue weighted by atomic mass is 16.5. The Labute approximate surface area is 211 Å². The Morgan fingerprint density at radius 1 is 1.06 bits per heavy atom. The second kappa shape index (κ2) is 10.4. The quantitative estimate of drug-likeness (QED) is 0.312. The van der Waals surface area contributed by atoms with Gasteiger partial charge in [-0.2, -0.15) is 0 Å². The van der Waals surface area contributed by atoms with Gasteiger partial charge in [-0.3, -0.25) is 0 Å². The standard InChI is InChI=1S/C31H31NO4/c1-20-14-15-23(16-30(20)35-19-31(33)34)28-17-24(36-29-13-6-5-11-27(28)29)18-32-21(2)25-12-7-9-22-8-3-4-10-26(22)25/h3-16,21,24,28,32H,17-19H2,1-2H3,(H,33,34). The number of para-hydroxylation sites is 1. The van der Waals surface area contributed by atoms with Gasteiger partial charge in [0.2, 0.25) is 0 Å². The van der Waals surface area contributed by atoms with Gasteiger partial charge in [-0.25, -0.2) is 4.79 Å². The average Bonchev–Trinajstić information content (AvgIpc) is 2.90. The van der Waals surface area contributed by atoms with Gasteiger partial charge in [-0.15, -0.1) is 0 Å². The van der Waals surface area contributed by atoms with Crippen LogP contribution in [0.25, 0.3) is 10.8 Å². The van der Waals surface area contributed by atoms with Crippen LogP contribution < -0.4 is 14.8 Å². The van der Waals surface area contributed by atoms with E-state index in [0.717, 1.165) is 28.9 Å². The highest BCUT2D eigenvalue weighted by molar-refractivity contribution is 5.86. The molecule has 5 rings (SSSR count). The molecule has 3 unspecified atom stereocenters. The highest BCUT2D eigenvalue weighted by Gasteiger charge is 2.30. The molecule has 1 heterocycles. The third kappa shape index (κ3) is 5.07. The number of benzene rings is 4. The van der Waals surface area contributed by atoms with Crippen LogP contribution in [0.3, 0.4) is 0 Å². The minimum atomic E-state index is -0.984. The second-order valence-electron chi connectivity index (χ2n) is 9.47. The van der Waals surface area contributed by atoms with Crippen molar-refractivity contribution >= 4 is 16.7 Å². The van der Waals surface area contributed by atoms with E-state index in [0.29, 0.717) is 12.3 Å². The minimum absolute atomic E-state index is 0.00739. The van der Waals surface area contributed by atoms with Gasteiger partial charge in [0.05, 0.1) is 0 Å². The Bertz CT molecular complexity index is 1380. The van der Waals surface area contributed by atoms with E-state index in [4.69, 9.17) is 14.6 Å². The number of carboxylic acid groups (broad SMARTS) is 1. The first kappa shape index (κ1) is 23.9. The van der Waals surface area contributed by atoms with Crippen molar-refractivity contribution in [3.8, 4) is 11.5 Å². The van der Waals surface area contributed by atoms with Gasteiger partial charge in [0.15, 0.2) is 6.61 Å². The Morgan fingerprint density at radius 3 is 2.69 bits per heavy atom. The van der Waals surface area contributed by atoms with Gasteiger partial charge in [0, 0.05) is 24.1 Å². The fourth-order valence-electron chi connectivity index (χ4n) is 5.11. The smallest absolute Gasteiger partial charge is 0.341 e. The molecule has 0 fully saturated rings. The summed E-state index contributed by atoms with van der Waals surface area (Å²) in [5, 5.41) is 15.3. The Balaban J connectivity index is 1.36. The van der Waals surface area contributed by atoms with Gasteiger partial charge in [-0.1, -0.05) is 72.8 Å². The molecule has 3 atom stereocenters. The van der Waals surface area contributed by atoms with Crippen LogP contribution in [-0.2, 0) is 4.79 Å². The SMILES string of the molecule is Cc1ccc(C2CC(CNC(C)c3cccc4ccccc34)Oc3ccccc32)cc1OCC(=O)O. The maximum Gasteiger partial charge on any atom is 0.341 e. The topological polar surface area (TPSA) is 67.8 Å². The van der Waals surface area contributed by atoms with Crippen molar-refractivity contribution in [2.24, 2.45) is 0 Å². The summed E-state index contributed by atoms with van der Waals surface area (Å²) in [5.41, 5.74) is 4.44. The number of nitrogens with one attached hydrogen (secondary N) is 1. The predicted octanol–water partition coefficient (Wildman–Crippen LogP) is 6.25. The lowest BCUT2D eigenvalue weighted by Gasteiger charge is -2.33. The molecule has 184 valence electrons. The van der Waals surface area contributed by atoms with Crippen molar-refractivity contribution in [3.63, 3.8) is 0 Å². The first-order valence-corrected chi connectivity index (χ1v) is 12.4. The number of rotatable bonds is 8. The van der Waals surface area contributed by atoms with Crippen molar-refractivity contribution in [1.82, 2.24) is 5.32 Å². The summed E-state index contributed by atoms with van der Waals surface area (Å²) in [6.07, 6.45) is 0.806. The molecule has 0 saturated carbocycles. The summed E-state index contributed by atoms with van der Waals surface area (Å²) in [6, 6.07) is 29.4. The van der Waals surface area contributed by atoms with Gasteiger partial charge >= 0.3 is 5.97 Å². The summed E-state index contributed by atoms with van der Waals surface area (Å²) in [6.45, 7) is 4.49. The molecule has 0 radical (unpaired) electrons. The largest absolute Gasteiger partial charge is 0.489 e. The summed E-state index contributed by atoms with van der Waals surface area (Å²) in [5.74, 6) is 0.648. The molecule has 4 aromatic rings. The lowest BCUT2D eigenvalue weighted by Crippen LogP contribution is -2.37. The zero-order chi connectivity index (χ0) is 25.1. The number of hydrogen-bond acceptors (Lipinski definition) is 4.